The van der Waals surface area contributed by atoms with Crippen molar-refractivity contribution in [2.24, 2.45) is 5.92 Å². The monoisotopic (exact) mass is 296 g/mol. The number of Topliss-reactive ketones (excluding diaryl/α,β-unsaturated/α-hetero) is 1. The van der Waals surface area contributed by atoms with Crippen LogP contribution >= 0.6 is 12.4 Å². The number of piperidine rings is 1. The van der Waals surface area contributed by atoms with E-state index < -0.39 is 5.92 Å². The molecule has 1 saturated heterocycles. The highest BCUT2D eigenvalue weighted by molar-refractivity contribution is 5.99. The molecule has 2 rings (SSSR count). The molecule has 1 unspecified atom stereocenters. The number of halogens is 1. The van der Waals surface area contributed by atoms with Crippen molar-refractivity contribution in [3.05, 3.63) is 35.9 Å². The van der Waals surface area contributed by atoms with Crippen LogP contribution in [0.1, 0.15) is 18.9 Å². The average Bonchev–Trinajstić information content (AvgIpc) is 2.42. The zero-order valence-electron chi connectivity index (χ0n) is 11.5. The lowest BCUT2D eigenvalue weighted by Gasteiger charge is -2.30. The van der Waals surface area contributed by atoms with Crippen LogP contribution in [0.3, 0.4) is 0 Å². The molecule has 1 radical (unpaired) electrons. The van der Waals surface area contributed by atoms with E-state index in [1.54, 1.807) is 6.92 Å². The molecule has 0 aromatic heterocycles. The van der Waals surface area contributed by atoms with Gasteiger partial charge in [0.2, 0.25) is 0 Å². The van der Waals surface area contributed by atoms with Gasteiger partial charge in [-0.05, 0) is 12.5 Å². The minimum absolute atomic E-state index is 0. The number of rotatable bonds is 4. The molecule has 0 N–H and O–H groups in total. The molecule has 1 aliphatic rings. The van der Waals surface area contributed by atoms with E-state index in [-0.39, 0.29) is 24.2 Å². The zero-order valence-corrected chi connectivity index (χ0v) is 12.3. The minimum Gasteiger partial charge on any atom is -0.465 e. The Morgan fingerprint density at radius 3 is 2.70 bits per heavy atom. The number of carbonyl (C=O) groups is 2. The number of hydrogen-bond acceptors (Lipinski definition) is 4. The summed E-state index contributed by atoms with van der Waals surface area (Å²) in [4.78, 5) is 25.7. The van der Waals surface area contributed by atoms with Gasteiger partial charge < -0.3 is 4.74 Å². The van der Waals surface area contributed by atoms with Gasteiger partial charge >= 0.3 is 5.97 Å². The molecule has 0 spiro atoms. The minimum atomic E-state index is -0.614. The number of ketones is 1. The largest absolute Gasteiger partial charge is 0.465 e. The number of carbonyl (C=O) groups excluding carboxylic acids is 2. The van der Waals surface area contributed by atoms with Gasteiger partial charge in [0, 0.05) is 38.5 Å². The molecule has 5 heteroatoms. The first-order chi connectivity index (χ1) is 9.20. The van der Waals surface area contributed by atoms with Crippen LogP contribution in [0, 0.1) is 5.92 Å². The molecule has 1 fully saturated rings. The Morgan fingerprint density at radius 2 is 2.05 bits per heavy atom. The summed E-state index contributed by atoms with van der Waals surface area (Å²) in [6.07, 6.45) is 0.427. The smallest absolute Gasteiger partial charge is 0.317 e. The van der Waals surface area contributed by atoms with Crippen LogP contribution in [-0.4, -0.2) is 36.3 Å². The molecule has 1 heterocycles. The summed E-state index contributed by atoms with van der Waals surface area (Å²) >= 11 is 0. The number of esters is 1. The number of benzene rings is 1. The lowest BCUT2D eigenvalue weighted by atomic mass is 9.96. The zero-order chi connectivity index (χ0) is 13.7. The van der Waals surface area contributed by atoms with E-state index in [0.717, 1.165) is 6.54 Å². The van der Waals surface area contributed by atoms with Crippen LogP contribution in [0.5, 0.6) is 0 Å². The summed E-state index contributed by atoms with van der Waals surface area (Å²) in [6.45, 7) is 4.02. The van der Waals surface area contributed by atoms with E-state index in [1.165, 1.54) is 5.56 Å². The summed E-state index contributed by atoms with van der Waals surface area (Å²) < 4.78 is 4.96. The van der Waals surface area contributed by atoms with E-state index in [4.69, 9.17) is 4.74 Å². The van der Waals surface area contributed by atoms with Gasteiger partial charge in [-0.25, -0.2) is 0 Å². The molecule has 0 aliphatic carbocycles. The standard InChI is InChI=1S/C15H19NO3.Cl/c1-2-19-15(18)13-11-16(9-8-14(13)17)10-12-6-4-3-5-7-12;/h3-7,13H,2,8-11H2,1H3;. The molecule has 1 aliphatic heterocycles. The van der Waals surface area contributed by atoms with Crippen molar-refractivity contribution in [1.29, 1.82) is 0 Å². The Bertz CT molecular complexity index is 450. The van der Waals surface area contributed by atoms with Gasteiger partial charge in [0.15, 0.2) is 0 Å². The number of nitrogens with zero attached hydrogens (tertiary/aromatic N) is 1. The molecule has 1 aromatic carbocycles. The van der Waals surface area contributed by atoms with Gasteiger partial charge in [-0.1, -0.05) is 30.3 Å². The molecule has 0 saturated carbocycles. The third-order valence-corrected chi connectivity index (χ3v) is 3.32. The van der Waals surface area contributed by atoms with Gasteiger partial charge in [-0.15, -0.1) is 0 Å². The molecular formula is C15H19ClNO3. The van der Waals surface area contributed by atoms with Crippen LogP contribution in [0.2, 0.25) is 0 Å². The molecule has 4 nitrogen and oxygen atoms in total. The van der Waals surface area contributed by atoms with Crippen molar-refractivity contribution in [1.82, 2.24) is 4.90 Å². The van der Waals surface area contributed by atoms with E-state index in [9.17, 15) is 9.59 Å². The van der Waals surface area contributed by atoms with E-state index >= 15 is 0 Å². The Kier molecular flexibility index (Phi) is 6.68. The Labute approximate surface area is 125 Å². The van der Waals surface area contributed by atoms with Crippen LogP contribution in [0.25, 0.3) is 0 Å². The van der Waals surface area contributed by atoms with Crippen molar-refractivity contribution >= 4 is 24.2 Å². The summed E-state index contributed by atoms with van der Waals surface area (Å²) in [5, 5.41) is 0. The molecule has 1 aromatic rings. The molecule has 109 valence electrons. The fourth-order valence-corrected chi connectivity index (χ4v) is 2.33. The fourth-order valence-electron chi connectivity index (χ4n) is 2.33. The van der Waals surface area contributed by atoms with Crippen LogP contribution in [-0.2, 0) is 20.9 Å². The number of hydrogen-bond donors (Lipinski definition) is 0. The lowest BCUT2D eigenvalue weighted by molar-refractivity contribution is -0.154. The number of ether oxygens (including phenoxy) is 1. The van der Waals surface area contributed by atoms with Crippen molar-refractivity contribution in [3.8, 4) is 0 Å². The fraction of sp³-hybridized carbons (Fsp3) is 0.467. The third-order valence-electron chi connectivity index (χ3n) is 3.32. The van der Waals surface area contributed by atoms with Gasteiger partial charge in [-0.2, -0.15) is 0 Å². The Hall–Kier alpha value is -1.39. The predicted octanol–water partition coefficient (Wildman–Crippen LogP) is 2.33. The van der Waals surface area contributed by atoms with Gasteiger partial charge in [0.05, 0.1) is 6.61 Å². The van der Waals surface area contributed by atoms with Crippen LogP contribution in [0.4, 0.5) is 0 Å². The average molecular weight is 297 g/mol. The predicted molar refractivity (Wildman–Crippen MR) is 77.3 cm³/mol. The maximum absolute atomic E-state index is 11.8. The molecule has 20 heavy (non-hydrogen) atoms. The second-order valence-electron chi connectivity index (χ2n) is 4.74. The van der Waals surface area contributed by atoms with Crippen molar-refractivity contribution in [2.75, 3.05) is 19.7 Å². The summed E-state index contributed by atoms with van der Waals surface area (Å²) in [6, 6.07) is 10.1. The second kappa shape index (κ2) is 8.02. The van der Waals surface area contributed by atoms with Gasteiger partial charge in [0.25, 0.3) is 0 Å². The van der Waals surface area contributed by atoms with E-state index in [2.05, 4.69) is 17.0 Å². The van der Waals surface area contributed by atoms with E-state index in [1.807, 2.05) is 18.2 Å². The van der Waals surface area contributed by atoms with Crippen molar-refractivity contribution in [3.63, 3.8) is 0 Å². The van der Waals surface area contributed by atoms with Crippen molar-refractivity contribution < 1.29 is 14.3 Å². The third kappa shape index (κ3) is 4.32. The SMILES string of the molecule is CCOC(=O)C1CN(Cc2ccccc2)CCC1=O.[Cl]. The second-order valence-corrected chi connectivity index (χ2v) is 4.74. The van der Waals surface area contributed by atoms with Crippen molar-refractivity contribution in [2.45, 2.75) is 19.9 Å². The molecule has 1 atom stereocenters. The maximum Gasteiger partial charge on any atom is 0.317 e. The maximum atomic E-state index is 11.8. The topological polar surface area (TPSA) is 46.6 Å². The van der Waals surface area contributed by atoms with Gasteiger partial charge in [-0.3, -0.25) is 14.5 Å². The summed E-state index contributed by atoms with van der Waals surface area (Å²) in [5.41, 5.74) is 1.19. The lowest BCUT2D eigenvalue weighted by Crippen LogP contribution is -2.44. The highest BCUT2D eigenvalue weighted by atomic mass is 35.5. The molecule has 0 amide bonds. The molecule has 0 bridgehead atoms. The summed E-state index contributed by atoms with van der Waals surface area (Å²) in [5.74, 6) is -0.995. The first-order valence-corrected chi connectivity index (χ1v) is 6.66. The Balaban J connectivity index is 0.00000200. The highest BCUT2D eigenvalue weighted by Gasteiger charge is 2.33. The highest BCUT2D eigenvalue weighted by Crippen LogP contribution is 2.17. The van der Waals surface area contributed by atoms with Gasteiger partial charge in [0.1, 0.15) is 11.7 Å². The molecular weight excluding hydrogens is 278 g/mol. The summed E-state index contributed by atoms with van der Waals surface area (Å²) in [7, 11) is 0. The normalized spacial score (nSPS) is 19.2. The Morgan fingerprint density at radius 1 is 1.35 bits per heavy atom. The quantitative estimate of drug-likeness (QED) is 0.632. The van der Waals surface area contributed by atoms with E-state index in [0.29, 0.717) is 26.1 Å². The first kappa shape index (κ1) is 16.7. The van der Waals surface area contributed by atoms with Crippen LogP contribution in [0.15, 0.2) is 30.3 Å². The first-order valence-electron chi connectivity index (χ1n) is 6.66. The van der Waals surface area contributed by atoms with Crippen LogP contribution < -0.4 is 0 Å². The number of likely N-dealkylation sites (tertiary alicyclic amines) is 1.